The van der Waals surface area contributed by atoms with E-state index in [1.165, 1.54) is 11.6 Å². The van der Waals surface area contributed by atoms with Crippen molar-refractivity contribution in [2.24, 2.45) is 7.05 Å². The summed E-state index contributed by atoms with van der Waals surface area (Å²) in [4.78, 5) is 18.3. The second kappa shape index (κ2) is 6.61. The number of nitrogens with zero attached hydrogens (tertiary/aromatic N) is 5. The van der Waals surface area contributed by atoms with Crippen molar-refractivity contribution in [2.45, 2.75) is 31.9 Å². The fraction of sp³-hybridized carbons (Fsp3) is 0.444. The predicted octanol–water partition coefficient (Wildman–Crippen LogP) is 3.30. The number of alkyl halides is 3. The summed E-state index contributed by atoms with van der Waals surface area (Å²) in [6, 6.07) is 2.66. The van der Waals surface area contributed by atoms with Gasteiger partial charge in [0.15, 0.2) is 0 Å². The number of hydrogen-bond donors (Lipinski definition) is 0. The molecular weight excluding hydrogens is 375 g/mol. The molecule has 10 heteroatoms. The number of carbonyl (C=O) groups is 1. The molecule has 0 atom stereocenters. The van der Waals surface area contributed by atoms with Gasteiger partial charge < -0.3 is 9.42 Å². The maximum atomic E-state index is 13.5. The van der Waals surface area contributed by atoms with Crippen LogP contribution in [0.1, 0.15) is 46.2 Å². The first-order valence-electron chi connectivity index (χ1n) is 8.87. The topological polar surface area (TPSA) is 77.0 Å². The van der Waals surface area contributed by atoms with Gasteiger partial charge in [-0.05, 0) is 31.9 Å². The van der Waals surface area contributed by atoms with Crippen molar-refractivity contribution in [3.05, 3.63) is 41.0 Å². The maximum absolute atomic E-state index is 13.5. The summed E-state index contributed by atoms with van der Waals surface area (Å²) in [5.74, 6) is -0.376. The van der Waals surface area contributed by atoms with E-state index in [2.05, 4.69) is 15.2 Å². The number of pyridine rings is 1. The van der Waals surface area contributed by atoms with E-state index in [-0.39, 0.29) is 34.3 Å². The van der Waals surface area contributed by atoms with Crippen molar-refractivity contribution >= 4 is 17.0 Å². The van der Waals surface area contributed by atoms with Crippen molar-refractivity contribution in [1.29, 1.82) is 0 Å². The summed E-state index contributed by atoms with van der Waals surface area (Å²) >= 11 is 0. The van der Waals surface area contributed by atoms with Gasteiger partial charge in [-0.2, -0.15) is 18.3 Å². The molecule has 4 heterocycles. The lowest BCUT2D eigenvalue weighted by Crippen LogP contribution is -2.38. The molecule has 0 spiro atoms. The molecule has 3 aromatic rings. The monoisotopic (exact) mass is 393 g/mol. The number of hydrogen-bond acceptors (Lipinski definition) is 5. The zero-order valence-corrected chi connectivity index (χ0v) is 15.3. The molecule has 1 aliphatic rings. The lowest BCUT2D eigenvalue weighted by atomic mass is 9.90. The molecule has 0 saturated carbocycles. The normalized spacial score (nSPS) is 16.1. The molecule has 148 valence electrons. The standard InChI is InChI=1S/C18H18F3N5O2/c1-10-9-12(18(19,20)21)14-15(24-28-16(14)23-10)11-4-7-26(8-5-11)17(27)13-3-6-22-25(13)2/h3,6,9,11H,4-5,7-8H2,1-2H3. The van der Waals surface area contributed by atoms with Gasteiger partial charge in [0.2, 0.25) is 0 Å². The van der Waals surface area contributed by atoms with Gasteiger partial charge in [-0.1, -0.05) is 5.16 Å². The van der Waals surface area contributed by atoms with Gasteiger partial charge in [0.05, 0.1) is 16.6 Å². The Morgan fingerprint density at radius 1 is 1.29 bits per heavy atom. The van der Waals surface area contributed by atoms with Crippen LogP contribution in [0.15, 0.2) is 22.9 Å². The van der Waals surface area contributed by atoms with Crippen LogP contribution < -0.4 is 0 Å². The second-order valence-corrected chi connectivity index (χ2v) is 6.96. The number of carbonyl (C=O) groups excluding carboxylic acids is 1. The Balaban J connectivity index is 1.59. The third kappa shape index (κ3) is 3.12. The number of piperidine rings is 1. The molecule has 3 aromatic heterocycles. The predicted molar refractivity (Wildman–Crippen MR) is 92.6 cm³/mol. The molecule has 0 radical (unpaired) electrons. The fourth-order valence-electron chi connectivity index (χ4n) is 3.70. The molecule has 4 rings (SSSR count). The van der Waals surface area contributed by atoms with E-state index in [1.54, 1.807) is 24.2 Å². The van der Waals surface area contributed by atoms with E-state index in [1.807, 2.05) is 0 Å². The molecule has 1 saturated heterocycles. The van der Waals surface area contributed by atoms with E-state index >= 15 is 0 Å². The van der Waals surface area contributed by atoms with Crippen molar-refractivity contribution in [1.82, 2.24) is 24.8 Å². The Kier molecular flexibility index (Phi) is 4.35. The van der Waals surface area contributed by atoms with Gasteiger partial charge in [0, 0.05) is 37.9 Å². The third-order valence-corrected chi connectivity index (χ3v) is 5.12. The number of aromatic nitrogens is 4. The molecule has 28 heavy (non-hydrogen) atoms. The van der Waals surface area contributed by atoms with Crippen LogP contribution in [-0.4, -0.2) is 43.8 Å². The van der Waals surface area contributed by atoms with Crippen LogP contribution in [0.5, 0.6) is 0 Å². The Labute approximate surface area is 158 Å². The molecule has 0 bridgehead atoms. The number of halogens is 3. The van der Waals surface area contributed by atoms with Gasteiger partial charge in [-0.15, -0.1) is 0 Å². The van der Waals surface area contributed by atoms with Crippen LogP contribution in [0.25, 0.3) is 11.1 Å². The van der Waals surface area contributed by atoms with Crippen LogP contribution in [-0.2, 0) is 13.2 Å². The summed E-state index contributed by atoms with van der Waals surface area (Å²) in [5, 5.41) is 7.83. The largest absolute Gasteiger partial charge is 0.417 e. The minimum absolute atomic E-state index is 0.0745. The van der Waals surface area contributed by atoms with Gasteiger partial charge in [0.25, 0.3) is 11.6 Å². The summed E-state index contributed by atoms with van der Waals surface area (Å²) in [6.45, 7) is 2.33. The first-order valence-corrected chi connectivity index (χ1v) is 8.87. The first-order chi connectivity index (χ1) is 13.3. The van der Waals surface area contributed by atoms with Crippen LogP contribution in [0.2, 0.25) is 0 Å². The molecule has 7 nitrogen and oxygen atoms in total. The summed E-state index contributed by atoms with van der Waals surface area (Å²) in [6.07, 6.45) is -1.98. The Morgan fingerprint density at radius 2 is 2.00 bits per heavy atom. The minimum Gasteiger partial charge on any atom is -0.337 e. The van der Waals surface area contributed by atoms with E-state index in [0.717, 1.165) is 6.07 Å². The molecular formula is C18H18F3N5O2. The summed E-state index contributed by atoms with van der Waals surface area (Å²) in [7, 11) is 1.69. The molecule has 1 aliphatic heterocycles. The Morgan fingerprint density at radius 3 is 2.61 bits per heavy atom. The molecule has 1 amide bonds. The molecule has 0 aromatic carbocycles. The first kappa shape index (κ1) is 18.5. The van der Waals surface area contributed by atoms with Crippen molar-refractivity contribution in [3.63, 3.8) is 0 Å². The highest BCUT2D eigenvalue weighted by atomic mass is 19.4. The highest BCUT2D eigenvalue weighted by molar-refractivity contribution is 5.92. The van der Waals surface area contributed by atoms with Crippen LogP contribution in [0.3, 0.4) is 0 Å². The molecule has 1 fully saturated rings. The number of rotatable bonds is 2. The zero-order chi connectivity index (χ0) is 20.1. The van der Waals surface area contributed by atoms with Crippen molar-refractivity contribution in [3.8, 4) is 0 Å². The SMILES string of the molecule is Cc1cc(C(F)(F)F)c2c(C3CCN(C(=O)c4ccnn4C)CC3)noc2n1. The van der Waals surface area contributed by atoms with E-state index in [9.17, 15) is 18.0 Å². The van der Waals surface area contributed by atoms with Crippen molar-refractivity contribution < 1.29 is 22.5 Å². The van der Waals surface area contributed by atoms with Crippen LogP contribution >= 0.6 is 0 Å². The third-order valence-electron chi connectivity index (χ3n) is 5.12. The average molecular weight is 393 g/mol. The van der Waals surface area contributed by atoms with Crippen LogP contribution in [0, 0.1) is 6.92 Å². The number of fused-ring (bicyclic) bond motifs is 1. The number of amides is 1. The maximum Gasteiger partial charge on any atom is 0.417 e. The van der Waals surface area contributed by atoms with Crippen molar-refractivity contribution in [2.75, 3.05) is 13.1 Å². The van der Waals surface area contributed by atoms with Gasteiger partial charge >= 0.3 is 6.18 Å². The van der Waals surface area contributed by atoms with E-state index < -0.39 is 11.7 Å². The number of likely N-dealkylation sites (tertiary alicyclic amines) is 1. The average Bonchev–Trinajstić information content (AvgIpc) is 3.26. The van der Waals surface area contributed by atoms with Crippen LogP contribution in [0.4, 0.5) is 13.2 Å². The lowest BCUT2D eigenvalue weighted by Gasteiger charge is -2.31. The van der Waals surface area contributed by atoms with E-state index in [4.69, 9.17) is 4.52 Å². The second-order valence-electron chi connectivity index (χ2n) is 6.96. The fourth-order valence-corrected chi connectivity index (χ4v) is 3.70. The lowest BCUT2D eigenvalue weighted by molar-refractivity contribution is -0.136. The van der Waals surface area contributed by atoms with Gasteiger partial charge in [-0.3, -0.25) is 9.48 Å². The van der Waals surface area contributed by atoms with Gasteiger partial charge in [0.1, 0.15) is 5.69 Å². The minimum atomic E-state index is -4.53. The number of aryl methyl sites for hydroxylation is 2. The molecule has 0 aliphatic carbocycles. The highest BCUT2D eigenvalue weighted by Gasteiger charge is 2.38. The Hall–Kier alpha value is -2.91. The highest BCUT2D eigenvalue weighted by Crippen LogP contribution is 2.40. The quantitative estimate of drug-likeness (QED) is 0.668. The summed E-state index contributed by atoms with van der Waals surface area (Å²) in [5.41, 5.74) is 0.0845. The summed E-state index contributed by atoms with van der Waals surface area (Å²) < 4.78 is 47.2. The van der Waals surface area contributed by atoms with E-state index in [0.29, 0.717) is 31.6 Å². The van der Waals surface area contributed by atoms with Gasteiger partial charge in [-0.25, -0.2) is 4.98 Å². The zero-order valence-electron chi connectivity index (χ0n) is 15.3. The Bertz CT molecular complexity index is 1030. The smallest absolute Gasteiger partial charge is 0.337 e. The molecule has 0 N–H and O–H groups in total. The molecule has 0 unspecified atom stereocenters.